The van der Waals surface area contributed by atoms with Gasteiger partial charge in [-0.3, -0.25) is 4.99 Å². The lowest BCUT2D eigenvalue weighted by Gasteiger charge is -2.12. The molecular formula is C15H25ClN4O. The Hall–Kier alpha value is -1.33. The minimum Gasteiger partial charge on any atom is -0.381 e. The van der Waals surface area contributed by atoms with Crippen LogP contribution in [-0.4, -0.2) is 37.7 Å². The monoisotopic (exact) mass is 312 g/mol. The highest BCUT2D eigenvalue weighted by Crippen LogP contribution is 2.04. The third-order valence-corrected chi connectivity index (χ3v) is 3.10. The smallest absolute Gasteiger partial charge is 0.191 e. The van der Waals surface area contributed by atoms with Crippen molar-refractivity contribution in [3.8, 4) is 0 Å². The van der Waals surface area contributed by atoms with Gasteiger partial charge in [-0.15, -0.1) is 0 Å². The Bertz CT molecular complexity index is 409. The van der Waals surface area contributed by atoms with Gasteiger partial charge < -0.3 is 15.4 Å². The number of ether oxygens (including phenoxy) is 1. The van der Waals surface area contributed by atoms with Crippen LogP contribution in [0.2, 0.25) is 5.15 Å². The van der Waals surface area contributed by atoms with Crippen molar-refractivity contribution in [2.75, 3.05) is 26.8 Å². The first-order valence-corrected chi connectivity index (χ1v) is 7.76. The Morgan fingerprint density at radius 1 is 1.29 bits per heavy atom. The fourth-order valence-corrected chi connectivity index (χ4v) is 1.76. The summed E-state index contributed by atoms with van der Waals surface area (Å²) in [6, 6.07) is 3.72. The Morgan fingerprint density at radius 3 is 2.76 bits per heavy atom. The van der Waals surface area contributed by atoms with E-state index in [0.29, 0.717) is 11.7 Å². The molecule has 1 aromatic rings. The molecule has 0 aromatic carbocycles. The lowest BCUT2D eigenvalue weighted by atomic mass is 10.3. The number of pyridine rings is 1. The SMILES string of the molecule is CCCCOCCCNC(=NC)NCc1ccc(Cl)nc1. The first-order chi connectivity index (χ1) is 10.3. The summed E-state index contributed by atoms with van der Waals surface area (Å²) < 4.78 is 5.51. The Balaban J connectivity index is 2.13. The van der Waals surface area contributed by atoms with Gasteiger partial charge in [0, 0.05) is 39.5 Å². The summed E-state index contributed by atoms with van der Waals surface area (Å²) in [5.41, 5.74) is 1.06. The number of unbranched alkanes of at least 4 members (excludes halogenated alkanes) is 1. The third-order valence-electron chi connectivity index (χ3n) is 2.87. The Morgan fingerprint density at radius 2 is 2.10 bits per heavy atom. The highest BCUT2D eigenvalue weighted by atomic mass is 35.5. The average Bonchev–Trinajstić information content (AvgIpc) is 2.51. The topological polar surface area (TPSA) is 58.5 Å². The van der Waals surface area contributed by atoms with Crippen LogP contribution in [0.5, 0.6) is 0 Å². The lowest BCUT2D eigenvalue weighted by molar-refractivity contribution is 0.129. The van der Waals surface area contributed by atoms with Crippen LogP contribution in [-0.2, 0) is 11.3 Å². The molecule has 0 bridgehead atoms. The molecular weight excluding hydrogens is 288 g/mol. The average molecular weight is 313 g/mol. The maximum absolute atomic E-state index is 5.75. The summed E-state index contributed by atoms with van der Waals surface area (Å²) in [5, 5.41) is 6.99. The summed E-state index contributed by atoms with van der Waals surface area (Å²) in [6.45, 7) is 5.30. The summed E-state index contributed by atoms with van der Waals surface area (Å²) >= 11 is 5.75. The second-order valence-electron chi connectivity index (χ2n) is 4.66. The second-order valence-corrected chi connectivity index (χ2v) is 5.05. The molecule has 0 spiro atoms. The summed E-state index contributed by atoms with van der Waals surface area (Å²) in [6.07, 6.45) is 5.03. The number of hydrogen-bond donors (Lipinski definition) is 2. The van der Waals surface area contributed by atoms with E-state index >= 15 is 0 Å². The first-order valence-electron chi connectivity index (χ1n) is 7.39. The molecule has 1 heterocycles. The molecule has 6 heteroatoms. The fraction of sp³-hybridized carbons (Fsp3) is 0.600. The van der Waals surface area contributed by atoms with Crippen molar-refractivity contribution in [3.05, 3.63) is 29.0 Å². The number of halogens is 1. The van der Waals surface area contributed by atoms with Crippen LogP contribution in [0.25, 0.3) is 0 Å². The van der Waals surface area contributed by atoms with Crippen molar-refractivity contribution in [1.29, 1.82) is 0 Å². The largest absolute Gasteiger partial charge is 0.381 e. The first kappa shape index (κ1) is 17.7. The molecule has 0 fully saturated rings. The number of nitrogens with zero attached hydrogens (tertiary/aromatic N) is 2. The molecule has 5 nitrogen and oxygen atoms in total. The van der Waals surface area contributed by atoms with Crippen LogP contribution in [0.1, 0.15) is 31.7 Å². The number of aromatic nitrogens is 1. The van der Waals surface area contributed by atoms with Crippen molar-refractivity contribution in [2.45, 2.75) is 32.7 Å². The number of guanidine groups is 1. The maximum atomic E-state index is 5.75. The van der Waals surface area contributed by atoms with E-state index in [4.69, 9.17) is 16.3 Å². The lowest BCUT2D eigenvalue weighted by Crippen LogP contribution is -2.37. The van der Waals surface area contributed by atoms with E-state index in [1.54, 1.807) is 19.3 Å². The number of rotatable bonds is 9. The minimum absolute atomic E-state index is 0.504. The van der Waals surface area contributed by atoms with E-state index in [0.717, 1.165) is 44.1 Å². The molecule has 2 N–H and O–H groups in total. The van der Waals surface area contributed by atoms with Gasteiger partial charge in [-0.1, -0.05) is 31.0 Å². The zero-order valence-electron chi connectivity index (χ0n) is 12.9. The van der Waals surface area contributed by atoms with Crippen LogP contribution >= 0.6 is 11.6 Å². The van der Waals surface area contributed by atoms with Gasteiger partial charge in [0.1, 0.15) is 5.15 Å². The number of nitrogens with one attached hydrogen (secondary N) is 2. The predicted octanol–water partition coefficient (Wildman–Crippen LogP) is 2.61. The van der Waals surface area contributed by atoms with E-state index in [-0.39, 0.29) is 0 Å². The van der Waals surface area contributed by atoms with Gasteiger partial charge in [0.25, 0.3) is 0 Å². The standard InChI is InChI=1S/C15H25ClN4O/c1-3-4-9-21-10-5-8-18-15(17-2)20-12-13-6-7-14(16)19-11-13/h6-7,11H,3-5,8-10,12H2,1-2H3,(H2,17,18,20). The number of hydrogen-bond acceptors (Lipinski definition) is 3. The molecule has 0 aliphatic rings. The minimum atomic E-state index is 0.504. The molecule has 1 rings (SSSR count). The molecule has 118 valence electrons. The molecule has 0 amide bonds. The molecule has 0 saturated carbocycles. The number of aliphatic imine (C=N–C) groups is 1. The van der Waals surface area contributed by atoms with Crippen LogP contribution in [0.3, 0.4) is 0 Å². The highest BCUT2D eigenvalue weighted by Gasteiger charge is 1.98. The second kappa shape index (κ2) is 11.3. The van der Waals surface area contributed by atoms with E-state index in [1.165, 1.54) is 6.42 Å². The summed E-state index contributed by atoms with van der Waals surface area (Å²) in [4.78, 5) is 8.22. The van der Waals surface area contributed by atoms with Crippen LogP contribution in [0.15, 0.2) is 23.3 Å². The Labute approximate surface area is 132 Å². The van der Waals surface area contributed by atoms with Gasteiger partial charge in [0.15, 0.2) is 5.96 Å². The molecule has 0 radical (unpaired) electrons. The fourth-order valence-electron chi connectivity index (χ4n) is 1.65. The van der Waals surface area contributed by atoms with Crippen LogP contribution < -0.4 is 10.6 Å². The van der Waals surface area contributed by atoms with Gasteiger partial charge >= 0.3 is 0 Å². The van der Waals surface area contributed by atoms with Gasteiger partial charge in [-0.2, -0.15) is 0 Å². The van der Waals surface area contributed by atoms with E-state index in [1.807, 2.05) is 6.07 Å². The van der Waals surface area contributed by atoms with Gasteiger partial charge in [-0.25, -0.2) is 4.98 Å². The van der Waals surface area contributed by atoms with Crippen LogP contribution in [0, 0.1) is 0 Å². The van der Waals surface area contributed by atoms with Crippen molar-refractivity contribution in [3.63, 3.8) is 0 Å². The van der Waals surface area contributed by atoms with Crippen LogP contribution in [0.4, 0.5) is 0 Å². The van der Waals surface area contributed by atoms with Crippen molar-refractivity contribution >= 4 is 17.6 Å². The Kier molecular flexibility index (Phi) is 9.57. The van der Waals surface area contributed by atoms with E-state index < -0.39 is 0 Å². The van der Waals surface area contributed by atoms with Gasteiger partial charge in [0.05, 0.1) is 0 Å². The summed E-state index contributed by atoms with van der Waals surface area (Å²) in [5.74, 6) is 0.776. The highest BCUT2D eigenvalue weighted by molar-refractivity contribution is 6.29. The summed E-state index contributed by atoms with van der Waals surface area (Å²) in [7, 11) is 1.76. The quantitative estimate of drug-likeness (QED) is 0.318. The van der Waals surface area contributed by atoms with Crippen molar-refractivity contribution < 1.29 is 4.74 Å². The zero-order valence-corrected chi connectivity index (χ0v) is 13.6. The van der Waals surface area contributed by atoms with E-state index in [9.17, 15) is 0 Å². The molecule has 0 saturated heterocycles. The maximum Gasteiger partial charge on any atom is 0.191 e. The molecule has 1 aromatic heterocycles. The molecule has 0 aliphatic heterocycles. The normalized spacial score (nSPS) is 11.5. The zero-order chi connectivity index (χ0) is 15.3. The molecule has 0 atom stereocenters. The molecule has 0 aliphatic carbocycles. The van der Waals surface area contributed by atoms with E-state index in [2.05, 4.69) is 27.5 Å². The van der Waals surface area contributed by atoms with Crippen molar-refractivity contribution in [2.24, 2.45) is 4.99 Å². The molecule has 21 heavy (non-hydrogen) atoms. The third kappa shape index (κ3) is 8.52. The molecule has 0 unspecified atom stereocenters. The van der Waals surface area contributed by atoms with Gasteiger partial charge in [-0.05, 0) is 24.5 Å². The van der Waals surface area contributed by atoms with Gasteiger partial charge in [0.2, 0.25) is 0 Å². The van der Waals surface area contributed by atoms with Crippen molar-refractivity contribution in [1.82, 2.24) is 15.6 Å². The predicted molar refractivity (Wildman–Crippen MR) is 87.8 cm³/mol.